The van der Waals surface area contributed by atoms with Crippen LogP contribution in [-0.4, -0.2) is 11.6 Å². The molecule has 2 atom stereocenters. The van der Waals surface area contributed by atoms with Crippen molar-refractivity contribution in [1.82, 2.24) is 5.32 Å². The van der Waals surface area contributed by atoms with Gasteiger partial charge >= 0.3 is 0 Å². The van der Waals surface area contributed by atoms with Crippen LogP contribution in [0.5, 0.6) is 0 Å². The lowest BCUT2D eigenvalue weighted by Crippen LogP contribution is -2.25. The molecule has 124 valence electrons. The molecule has 0 radical (unpaired) electrons. The number of aliphatic imine (C=N–C) groups is 1. The molecule has 0 aromatic heterocycles. The Morgan fingerprint density at radius 2 is 1.28 bits per heavy atom. The van der Waals surface area contributed by atoms with Crippen LogP contribution in [-0.2, 0) is 0 Å². The van der Waals surface area contributed by atoms with Crippen LogP contribution in [0.4, 0.5) is 0 Å². The van der Waals surface area contributed by atoms with Gasteiger partial charge in [0.15, 0.2) is 0 Å². The summed E-state index contributed by atoms with van der Waals surface area (Å²) in [5, 5.41) is 3.66. The number of nitrogens with zero attached hydrogens (tertiary/aromatic N) is 1. The smallest absolute Gasteiger partial charge is 0.108 e. The largest absolute Gasteiger partial charge is 0.364 e. The van der Waals surface area contributed by atoms with Gasteiger partial charge in [0.2, 0.25) is 0 Å². The first-order valence-electron chi connectivity index (χ1n) is 8.51. The van der Waals surface area contributed by atoms with E-state index in [-0.39, 0.29) is 12.1 Å². The Hall–Kier alpha value is -2.52. The lowest BCUT2D eigenvalue weighted by Gasteiger charge is -2.19. The topological polar surface area (TPSA) is 24.4 Å². The third kappa shape index (κ3) is 3.77. The van der Waals surface area contributed by atoms with Crippen LogP contribution in [0.15, 0.2) is 101 Å². The average molecular weight is 344 g/mol. The first kappa shape index (κ1) is 16.0. The van der Waals surface area contributed by atoms with E-state index in [1.54, 1.807) is 0 Å². The SMILES string of the molecule is c1ccc(SCC2=N[C@H](c3ccccc3)[C@H](c3ccccc3)N2)cc1. The first-order valence-corrected chi connectivity index (χ1v) is 9.50. The van der Waals surface area contributed by atoms with Crippen LogP contribution >= 0.6 is 11.8 Å². The van der Waals surface area contributed by atoms with Gasteiger partial charge in [0.05, 0.1) is 11.8 Å². The number of amidine groups is 1. The standard InChI is InChI=1S/C22H20N2S/c1-4-10-17(11-5-1)21-22(18-12-6-2-7-13-18)24-20(23-21)16-25-19-14-8-3-9-15-19/h1-15,21-22H,16H2,(H,23,24)/t21-,22+. The molecule has 1 aliphatic heterocycles. The third-order valence-electron chi connectivity index (χ3n) is 4.35. The Labute approximate surface area is 153 Å². The van der Waals surface area contributed by atoms with Gasteiger partial charge in [-0.3, -0.25) is 4.99 Å². The Morgan fingerprint density at radius 1 is 0.720 bits per heavy atom. The van der Waals surface area contributed by atoms with E-state index in [1.165, 1.54) is 16.0 Å². The molecule has 0 aliphatic carbocycles. The molecule has 0 saturated carbocycles. The molecule has 4 rings (SSSR count). The molecule has 0 spiro atoms. The van der Waals surface area contributed by atoms with Gasteiger partial charge < -0.3 is 5.32 Å². The van der Waals surface area contributed by atoms with Gasteiger partial charge in [-0.2, -0.15) is 0 Å². The molecular formula is C22H20N2S. The van der Waals surface area contributed by atoms with Gasteiger partial charge in [0.25, 0.3) is 0 Å². The van der Waals surface area contributed by atoms with Crippen molar-refractivity contribution in [3.8, 4) is 0 Å². The van der Waals surface area contributed by atoms with Gasteiger partial charge in [0, 0.05) is 4.90 Å². The monoisotopic (exact) mass is 344 g/mol. The lowest BCUT2D eigenvalue weighted by atomic mass is 9.95. The summed E-state index contributed by atoms with van der Waals surface area (Å²) in [5.41, 5.74) is 2.53. The van der Waals surface area contributed by atoms with Crippen molar-refractivity contribution in [3.05, 3.63) is 102 Å². The minimum absolute atomic E-state index is 0.120. The summed E-state index contributed by atoms with van der Waals surface area (Å²) in [6.07, 6.45) is 0. The molecule has 0 amide bonds. The van der Waals surface area contributed by atoms with E-state index in [2.05, 4.69) is 90.2 Å². The Morgan fingerprint density at radius 3 is 1.92 bits per heavy atom. The Balaban J connectivity index is 1.57. The van der Waals surface area contributed by atoms with Crippen molar-refractivity contribution in [2.45, 2.75) is 17.0 Å². The molecule has 1 heterocycles. The molecule has 0 saturated heterocycles. The van der Waals surface area contributed by atoms with Gasteiger partial charge in [-0.25, -0.2) is 0 Å². The number of hydrogen-bond donors (Lipinski definition) is 1. The fourth-order valence-electron chi connectivity index (χ4n) is 3.13. The third-order valence-corrected chi connectivity index (χ3v) is 5.37. The highest BCUT2D eigenvalue weighted by Crippen LogP contribution is 2.36. The molecule has 3 aromatic carbocycles. The van der Waals surface area contributed by atoms with Crippen molar-refractivity contribution in [3.63, 3.8) is 0 Å². The predicted octanol–water partition coefficient (Wildman–Crippen LogP) is 5.26. The molecule has 1 aliphatic rings. The Bertz CT molecular complexity index is 832. The lowest BCUT2D eigenvalue weighted by molar-refractivity contribution is 0.572. The fourth-order valence-corrected chi connectivity index (χ4v) is 3.94. The molecule has 25 heavy (non-hydrogen) atoms. The zero-order valence-corrected chi connectivity index (χ0v) is 14.7. The molecule has 0 unspecified atom stereocenters. The zero-order valence-electron chi connectivity index (χ0n) is 13.9. The van der Waals surface area contributed by atoms with E-state index in [1.807, 2.05) is 17.8 Å². The summed E-state index contributed by atoms with van der Waals surface area (Å²) in [6.45, 7) is 0. The van der Waals surface area contributed by atoms with Crippen LogP contribution in [0.2, 0.25) is 0 Å². The summed E-state index contributed by atoms with van der Waals surface area (Å²) in [7, 11) is 0. The van der Waals surface area contributed by atoms with Crippen molar-refractivity contribution in [2.24, 2.45) is 4.99 Å². The highest BCUT2D eigenvalue weighted by Gasteiger charge is 2.30. The zero-order chi connectivity index (χ0) is 16.9. The van der Waals surface area contributed by atoms with Gasteiger partial charge in [0.1, 0.15) is 11.9 Å². The van der Waals surface area contributed by atoms with E-state index in [0.717, 1.165) is 11.6 Å². The van der Waals surface area contributed by atoms with E-state index in [4.69, 9.17) is 4.99 Å². The van der Waals surface area contributed by atoms with Crippen molar-refractivity contribution in [1.29, 1.82) is 0 Å². The first-order chi connectivity index (χ1) is 12.4. The highest BCUT2D eigenvalue weighted by molar-refractivity contribution is 8.00. The van der Waals surface area contributed by atoms with Gasteiger partial charge in [-0.1, -0.05) is 78.9 Å². The van der Waals surface area contributed by atoms with Crippen LogP contribution < -0.4 is 5.32 Å². The number of thioether (sulfide) groups is 1. The fraction of sp³-hybridized carbons (Fsp3) is 0.136. The predicted molar refractivity (Wildman–Crippen MR) is 106 cm³/mol. The van der Waals surface area contributed by atoms with Crippen LogP contribution in [0, 0.1) is 0 Å². The maximum atomic E-state index is 5.02. The van der Waals surface area contributed by atoms with Crippen LogP contribution in [0.25, 0.3) is 0 Å². The number of rotatable bonds is 5. The van der Waals surface area contributed by atoms with Crippen LogP contribution in [0.3, 0.4) is 0 Å². The molecular weight excluding hydrogens is 324 g/mol. The average Bonchev–Trinajstić information content (AvgIpc) is 3.13. The molecule has 0 fully saturated rings. The van der Waals surface area contributed by atoms with Crippen molar-refractivity contribution in [2.75, 3.05) is 5.75 Å². The number of hydrogen-bond acceptors (Lipinski definition) is 3. The second kappa shape index (κ2) is 7.58. The van der Waals surface area contributed by atoms with E-state index >= 15 is 0 Å². The highest BCUT2D eigenvalue weighted by atomic mass is 32.2. The second-order valence-corrected chi connectivity index (χ2v) is 7.11. The molecule has 2 nitrogen and oxygen atoms in total. The molecule has 3 heteroatoms. The number of benzene rings is 3. The van der Waals surface area contributed by atoms with E-state index in [0.29, 0.717) is 0 Å². The summed E-state index contributed by atoms with van der Waals surface area (Å²) in [5.74, 6) is 1.92. The quantitative estimate of drug-likeness (QED) is 0.638. The van der Waals surface area contributed by atoms with E-state index < -0.39 is 0 Å². The number of nitrogens with one attached hydrogen (secondary N) is 1. The molecule has 0 bridgehead atoms. The normalized spacial score (nSPS) is 19.3. The van der Waals surface area contributed by atoms with E-state index in [9.17, 15) is 0 Å². The Kier molecular flexibility index (Phi) is 4.84. The van der Waals surface area contributed by atoms with Crippen molar-refractivity contribution < 1.29 is 0 Å². The van der Waals surface area contributed by atoms with Gasteiger partial charge in [-0.05, 0) is 23.3 Å². The maximum Gasteiger partial charge on any atom is 0.108 e. The summed E-state index contributed by atoms with van der Waals surface area (Å²) in [6, 6.07) is 32.0. The summed E-state index contributed by atoms with van der Waals surface area (Å²) in [4.78, 5) is 6.29. The second-order valence-electron chi connectivity index (χ2n) is 6.07. The summed E-state index contributed by atoms with van der Waals surface area (Å²) >= 11 is 1.82. The van der Waals surface area contributed by atoms with Crippen LogP contribution in [0.1, 0.15) is 23.2 Å². The minimum Gasteiger partial charge on any atom is -0.364 e. The van der Waals surface area contributed by atoms with Gasteiger partial charge in [-0.15, -0.1) is 11.8 Å². The minimum atomic E-state index is 0.120. The summed E-state index contributed by atoms with van der Waals surface area (Å²) < 4.78 is 0. The van der Waals surface area contributed by atoms with Crippen molar-refractivity contribution >= 4 is 17.6 Å². The molecule has 3 aromatic rings. The molecule has 1 N–H and O–H groups in total. The maximum absolute atomic E-state index is 5.02.